The van der Waals surface area contributed by atoms with E-state index in [0.29, 0.717) is 4.34 Å². The molecule has 0 nitrogen and oxygen atoms in total. The van der Waals surface area contributed by atoms with Gasteiger partial charge in [-0.05, 0) is 0 Å². The molecule has 1 aromatic heterocycles. The zero-order valence-electron chi connectivity index (χ0n) is 14.9. The molecule has 0 aliphatic carbocycles. The summed E-state index contributed by atoms with van der Waals surface area (Å²) in [6.07, 6.45) is 0.756. The van der Waals surface area contributed by atoms with E-state index in [0.717, 1.165) is 16.1 Å². The first-order valence-electron chi connectivity index (χ1n) is 8.86. The van der Waals surface area contributed by atoms with E-state index >= 15 is 0 Å². The van der Waals surface area contributed by atoms with Crippen molar-refractivity contribution < 1.29 is 0 Å². The molecule has 0 aliphatic rings. The minimum atomic E-state index is -3.02. The summed E-state index contributed by atoms with van der Waals surface area (Å²) in [5.41, 5.74) is 1.07. The molecule has 5 heteroatoms. The average Bonchev–Trinajstić information content (AvgIpc) is 3.06. The van der Waals surface area contributed by atoms with Crippen LogP contribution in [-0.2, 0) is 6.16 Å². The third-order valence-electron chi connectivity index (χ3n) is 5.08. The van der Waals surface area contributed by atoms with Crippen molar-refractivity contribution in [2.45, 2.75) is 6.16 Å². The second-order valence-electron chi connectivity index (χ2n) is 6.70. The van der Waals surface area contributed by atoms with Crippen LogP contribution >= 0.6 is 55.3 Å². The Kier molecular flexibility index (Phi) is 5.71. The van der Waals surface area contributed by atoms with Crippen LogP contribution in [0.5, 0.6) is 0 Å². The van der Waals surface area contributed by atoms with Crippen LogP contribution in [0.15, 0.2) is 97.1 Å². The fourth-order valence-electron chi connectivity index (χ4n) is 3.74. The van der Waals surface area contributed by atoms with Gasteiger partial charge < -0.3 is 0 Å². The Bertz CT molecular complexity index is 982. The van der Waals surface area contributed by atoms with Crippen molar-refractivity contribution in [1.29, 1.82) is 0 Å². The molecule has 142 valence electrons. The maximum atomic E-state index is 6.61. The van der Waals surface area contributed by atoms with Gasteiger partial charge in [-0.2, -0.15) is 0 Å². The molecule has 0 saturated carbocycles. The Balaban J connectivity index is 2.10. The fourth-order valence-corrected chi connectivity index (χ4v) is 13.1. The molecule has 28 heavy (non-hydrogen) atoms. The van der Waals surface area contributed by atoms with E-state index in [1.807, 2.05) is 6.07 Å². The van der Waals surface area contributed by atoms with Crippen molar-refractivity contribution in [1.82, 2.24) is 0 Å². The molecule has 1 heterocycles. The van der Waals surface area contributed by atoms with E-state index in [1.165, 1.54) is 27.3 Å². The number of halogens is 3. The molecule has 0 atom stereocenters. The molecule has 3 aromatic carbocycles. The van der Waals surface area contributed by atoms with Crippen molar-refractivity contribution in [3.63, 3.8) is 0 Å². The van der Waals surface area contributed by atoms with Gasteiger partial charge in [-0.15, -0.1) is 0 Å². The molecule has 4 aromatic rings. The van der Waals surface area contributed by atoms with Crippen molar-refractivity contribution >= 4 is 71.2 Å². The maximum absolute atomic E-state index is 6.61. The Morgan fingerprint density at radius 3 is 1.39 bits per heavy atom. The fraction of sp³-hybridized carbons (Fsp3) is 0.0435. The molecule has 0 fully saturated rings. The third-order valence-corrected chi connectivity index (χ3v) is 16.1. The molecule has 0 unspecified atom stereocenters. The van der Waals surface area contributed by atoms with E-state index < -0.39 is 5.31 Å². The summed E-state index contributed by atoms with van der Waals surface area (Å²) in [6, 6.07) is 34.1. The average molecular weight is 508 g/mol. The summed E-state index contributed by atoms with van der Waals surface area (Å²) in [5.74, 6) is 0. The van der Waals surface area contributed by atoms with Crippen molar-refractivity contribution in [2.24, 2.45) is 0 Å². The number of benzene rings is 3. The van der Waals surface area contributed by atoms with Crippen molar-refractivity contribution in [3.8, 4) is 0 Å². The van der Waals surface area contributed by atoms with Crippen LogP contribution in [0.2, 0.25) is 8.67 Å². The summed E-state index contributed by atoms with van der Waals surface area (Å²) in [7, 11) is 0. The second-order valence-corrected chi connectivity index (χ2v) is 17.9. The Labute approximate surface area is 187 Å². The van der Waals surface area contributed by atoms with Gasteiger partial charge in [0.25, 0.3) is 0 Å². The van der Waals surface area contributed by atoms with Crippen LogP contribution in [0.3, 0.4) is 0 Å². The molecule has 0 bridgehead atoms. The molecular formula is C23H18BrCl2PS. The summed E-state index contributed by atoms with van der Waals surface area (Å²) in [6.45, 7) is 0. The molecule has 0 amide bonds. The van der Waals surface area contributed by atoms with Gasteiger partial charge in [-0.25, -0.2) is 0 Å². The SMILES string of the molecule is Clc1cc(CP(Br)(c2ccccc2)(c2ccccc2)c2ccccc2)c(Cl)s1. The quantitative estimate of drug-likeness (QED) is 0.247. The second kappa shape index (κ2) is 7.94. The summed E-state index contributed by atoms with van der Waals surface area (Å²) < 4.78 is 1.47. The number of hydrogen-bond acceptors (Lipinski definition) is 1. The van der Waals surface area contributed by atoms with Crippen LogP contribution in [-0.4, -0.2) is 0 Å². The van der Waals surface area contributed by atoms with E-state index in [-0.39, 0.29) is 0 Å². The van der Waals surface area contributed by atoms with Gasteiger partial charge in [0.15, 0.2) is 0 Å². The van der Waals surface area contributed by atoms with Crippen LogP contribution in [0.4, 0.5) is 0 Å². The van der Waals surface area contributed by atoms with Crippen molar-refractivity contribution in [3.05, 3.63) is 111 Å². The predicted octanol–water partition coefficient (Wildman–Crippen LogP) is 7.39. The van der Waals surface area contributed by atoms with Gasteiger partial charge in [-0.1, -0.05) is 0 Å². The van der Waals surface area contributed by atoms with Crippen LogP contribution in [0.25, 0.3) is 0 Å². The van der Waals surface area contributed by atoms with Gasteiger partial charge >= 0.3 is 189 Å². The number of hydrogen-bond donors (Lipinski definition) is 0. The summed E-state index contributed by atoms with van der Waals surface area (Å²) in [4.78, 5) is 0. The van der Waals surface area contributed by atoms with E-state index in [9.17, 15) is 0 Å². The van der Waals surface area contributed by atoms with E-state index in [2.05, 4.69) is 106 Å². The molecule has 0 aliphatic heterocycles. The Hall–Kier alpha value is -1.15. The molecule has 0 radical (unpaired) electrons. The molecule has 4 rings (SSSR count). The molecule has 0 N–H and O–H groups in total. The first-order valence-corrected chi connectivity index (χ1v) is 14.9. The van der Waals surface area contributed by atoms with Gasteiger partial charge in [0.05, 0.1) is 0 Å². The van der Waals surface area contributed by atoms with Gasteiger partial charge in [0.2, 0.25) is 0 Å². The molecular weight excluding hydrogens is 490 g/mol. The molecule has 0 spiro atoms. The minimum absolute atomic E-state index is 0.715. The van der Waals surface area contributed by atoms with Gasteiger partial charge in [0, 0.05) is 0 Å². The third kappa shape index (κ3) is 3.36. The predicted molar refractivity (Wildman–Crippen MR) is 132 cm³/mol. The molecule has 0 saturated heterocycles. The van der Waals surface area contributed by atoms with Gasteiger partial charge in [0.1, 0.15) is 0 Å². The van der Waals surface area contributed by atoms with Crippen LogP contribution < -0.4 is 15.9 Å². The monoisotopic (exact) mass is 506 g/mol. The van der Waals surface area contributed by atoms with Crippen LogP contribution in [0.1, 0.15) is 5.56 Å². The zero-order valence-corrected chi connectivity index (χ0v) is 19.7. The van der Waals surface area contributed by atoms with E-state index in [1.54, 1.807) is 0 Å². The normalized spacial score (nSPS) is 13.0. The number of rotatable bonds is 5. The van der Waals surface area contributed by atoms with Crippen LogP contribution in [0, 0.1) is 0 Å². The zero-order chi connectivity index (χ0) is 19.6. The first kappa shape index (κ1) is 20.1. The standard InChI is InChI=1S/C23H18BrCl2PS/c24-27(19-10-4-1-5-11-19,20-12-6-2-7-13-20,21-14-8-3-9-15-21)17-18-16-22(25)28-23(18)26/h1-16H,17H2. The Morgan fingerprint density at radius 1 is 0.679 bits per heavy atom. The van der Waals surface area contributed by atoms with Crippen molar-refractivity contribution in [2.75, 3.05) is 0 Å². The topological polar surface area (TPSA) is 0 Å². The Morgan fingerprint density at radius 2 is 1.07 bits per heavy atom. The summed E-state index contributed by atoms with van der Waals surface area (Å²) >= 11 is 18.8. The number of thiophene rings is 1. The summed E-state index contributed by atoms with van der Waals surface area (Å²) in [5, 5.41) is 0.781. The van der Waals surface area contributed by atoms with Gasteiger partial charge in [-0.3, -0.25) is 0 Å². The van der Waals surface area contributed by atoms with E-state index in [4.69, 9.17) is 23.2 Å². The first-order chi connectivity index (χ1) is 13.5.